The van der Waals surface area contributed by atoms with Crippen molar-refractivity contribution in [2.24, 2.45) is 0 Å². The summed E-state index contributed by atoms with van der Waals surface area (Å²) >= 11 is 0. The number of anilines is 2. The first-order chi connectivity index (χ1) is 12.6. The van der Waals surface area contributed by atoms with Crippen LogP contribution in [0.3, 0.4) is 0 Å². The minimum Gasteiger partial charge on any atom is -0.326 e. The number of carbonyl (C=O) groups excluding carboxylic acids is 1. The second-order valence-electron chi connectivity index (χ2n) is 6.79. The molecule has 1 aromatic carbocycles. The summed E-state index contributed by atoms with van der Waals surface area (Å²) in [4.78, 5) is 12.1. The summed E-state index contributed by atoms with van der Waals surface area (Å²) in [6, 6.07) is 6.78. The van der Waals surface area contributed by atoms with Gasteiger partial charge in [-0.2, -0.15) is 0 Å². The van der Waals surface area contributed by atoms with Gasteiger partial charge in [0.05, 0.1) is 16.7 Å². The summed E-state index contributed by atoms with van der Waals surface area (Å²) < 4.78 is 51.1. The standard InChI is InChI=1S/C17H27N3O5S2/c1-14(2)27(24,25)18-10-4-3-9-17(21)19-15-7-5-8-16(13-15)20-11-6-12-26(20,22)23/h5,7-8,13-14,18H,3-4,6,9-12H2,1-2H3,(H,19,21). The number of carbonyl (C=O) groups is 1. The zero-order chi connectivity index (χ0) is 20.1. The molecule has 1 aliphatic rings. The van der Waals surface area contributed by atoms with Crippen LogP contribution in [0.1, 0.15) is 39.5 Å². The first kappa shape index (κ1) is 21.6. The summed E-state index contributed by atoms with van der Waals surface area (Å²) in [5, 5.41) is 2.28. The van der Waals surface area contributed by atoms with E-state index in [-0.39, 0.29) is 18.1 Å². The van der Waals surface area contributed by atoms with Gasteiger partial charge >= 0.3 is 0 Å². The van der Waals surface area contributed by atoms with Gasteiger partial charge in [0.1, 0.15) is 0 Å². The van der Waals surface area contributed by atoms with Crippen LogP contribution in [0.2, 0.25) is 0 Å². The van der Waals surface area contributed by atoms with E-state index in [0.29, 0.717) is 43.7 Å². The fourth-order valence-electron chi connectivity index (χ4n) is 2.68. The van der Waals surface area contributed by atoms with Crippen LogP contribution in [-0.4, -0.2) is 46.8 Å². The Morgan fingerprint density at radius 1 is 1.26 bits per heavy atom. The molecule has 152 valence electrons. The van der Waals surface area contributed by atoms with Crippen molar-refractivity contribution in [3.05, 3.63) is 24.3 Å². The molecule has 0 spiro atoms. The summed E-state index contributed by atoms with van der Waals surface area (Å²) in [7, 11) is -6.53. The van der Waals surface area contributed by atoms with Gasteiger partial charge in [0.25, 0.3) is 0 Å². The molecule has 0 bridgehead atoms. The predicted molar refractivity (Wildman–Crippen MR) is 107 cm³/mol. The second kappa shape index (κ2) is 9.03. The molecular weight excluding hydrogens is 390 g/mol. The lowest BCUT2D eigenvalue weighted by Gasteiger charge is -2.17. The second-order valence-corrected chi connectivity index (χ2v) is 11.1. The first-order valence-electron chi connectivity index (χ1n) is 9.00. The summed E-state index contributed by atoms with van der Waals surface area (Å²) in [6.07, 6.45) is 1.97. The minimum atomic E-state index is -3.27. The molecular formula is C17H27N3O5S2. The third-order valence-corrected chi connectivity index (χ3v) is 7.99. The Kier molecular flexibility index (Phi) is 7.24. The van der Waals surface area contributed by atoms with Crippen molar-refractivity contribution in [3.63, 3.8) is 0 Å². The number of hydrogen-bond donors (Lipinski definition) is 2. The fraction of sp³-hybridized carbons (Fsp3) is 0.588. The average molecular weight is 418 g/mol. The molecule has 10 heteroatoms. The highest BCUT2D eigenvalue weighted by atomic mass is 32.2. The van der Waals surface area contributed by atoms with E-state index in [9.17, 15) is 21.6 Å². The van der Waals surface area contributed by atoms with Crippen LogP contribution in [-0.2, 0) is 24.8 Å². The van der Waals surface area contributed by atoms with Gasteiger partial charge in [-0.25, -0.2) is 21.6 Å². The predicted octanol–water partition coefficient (Wildman–Crippen LogP) is 1.66. The van der Waals surface area contributed by atoms with Crippen molar-refractivity contribution in [3.8, 4) is 0 Å². The number of sulfonamides is 2. The fourth-order valence-corrected chi connectivity index (χ4v) is 5.00. The molecule has 1 amide bonds. The third-order valence-electron chi connectivity index (χ3n) is 4.27. The molecule has 8 nitrogen and oxygen atoms in total. The Balaban J connectivity index is 1.80. The molecule has 1 fully saturated rings. The summed E-state index contributed by atoms with van der Waals surface area (Å²) in [6.45, 7) is 3.97. The Hall–Kier alpha value is -1.65. The maximum Gasteiger partial charge on any atom is 0.235 e. The lowest BCUT2D eigenvalue weighted by molar-refractivity contribution is -0.116. The van der Waals surface area contributed by atoms with Crippen LogP contribution >= 0.6 is 0 Å². The molecule has 1 aromatic rings. The Bertz CT molecular complexity index is 866. The van der Waals surface area contributed by atoms with Crippen LogP contribution in [0.5, 0.6) is 0 Å². The molecule has 0 aromatic heterocycles. The smallest absolute Gasteiger partial charge is 0.235 e. The number of unbranched alkanes of at least 4 members (excludes halogenated alkanes) is 1. The van der Waals surface area contributed by atoms with Gasteiger partial charge in [-0.05, 0) is 51.3 Å². The number of amides is 1. The Labute approximate surface area is 161 Å². The van der Waals surface area contributed by atoms with Crippen molar-refractivity contribution in [2.75, 3.05) is 28.5 Å². The molecule has 0 unspecified atom stereocenters. The molecule has 2 N–H and O–H groups in total. The number of nitrogens with zero attached hydrogens (tertiary/aromatic N) is 1. The van der Waals surface area contributed by atoms with E-state index in [1.807, 2.05) is 0 Å². The van der Waals surface area contributed by atoms with Gasteiger partial charge in [-0.1, -0.05) is 6.07 Å². The van der Waals surface area contributed by atoms with Gasteiger partial charge in [-0.15, -0.1) is 0 Å². The summed E-state index contributed by atoms with van der Waals surface area (Å²) in [5.41, 5.74) is 1.09. The molecule has 0 aliphatic carbocycles. The highest BCUT2D eigenvalue weighted by molar-refractivity contribution is 7.93. The van der Waals surface area contributed by atoms with E-state index in [2.05, 4.69) is 10.0 Å². The van der Waals surface area contributed by atoms with E-state index in [1.54, 1.807) is 38.1 Å². The van der Waals surface area contributed by atoms with Crippen molar-refractivity contribution < 1.29 is 21.6 Å². The van der Waals surface area contributed by atoms with Gasteiger partial charge < -0.3 is 5.32 Å². The number of benzene rings is 1. The van der Waals surface area contributed by atoms with Gasteiger partial charge in [-0.3, -0.25) is 9.10 Å². The maximum absolute atomic E-state index is 12.1. The first-order valence-corrected chi connectivity index (χ1v) is 12.2. The molecule has 0 atom stereocenters. The third kappa shape index (κ3) is 6.18. The molecule has 0 saturated carbocycles. The monoisotopic (exact) mass is 417 g/mol. The zero-order valence-electron chi connectivity index (χ0n) is 15.6. The van der Waals surface area contributed by atoms with E-state index in [4.69, 9.17) is 0 Å². The van der Waals surface area contributed by atoms with Crippen molar-refractivity contribution in [1.82, 2.24) is 4.72 Å². The van der Waals surface area contributed by atoms with Crippen molar-refractivity contribution >= 4 is 37.3 Å². The lowest BCUT2D eigenvalue weighted by Crippen LogP contribution is -2.31. The minimum absolute atomic E-state index is 0.143. The topological polar surface area (TPSA) is 113 Å². The lowest BCUT2D eigenvalue weighted by atomic mass is 10.2. The highest BCUT2D eigenvalue weighted by Crippen LogP contribution is 2.26. The highest BCUT2D eigenvalue weighted by Gasteiger charge is 2.28. The van der Waals surface area contributed by atoms with Crippen LogP contribution in [0.4, 0.5) is 11.4 Å². The Morgan fingerprint density at radius 3 is 2.63 bits per heavy atom. The van der Waals surface area contributed by atoms with E-state index in [0.717, 1.165) is 0 Å². The SMILES string of the molecule is CC(C)S(=O)(=O)NCCCCC(=O)Nc1cccc(N2CCCS2(=O)=O)c1. The molecule has 27 heavy (non-hydrogen) atoms. The number of nitrogens with one attached hydrogen (secondary N) is 2. The molecule has 1 saturated heterocycles. The quantitative estimate of drug-likeness (QED) is 0.594. The van der Waals surface area contributed by atoms with Gasteiger partial charge in [0.15, 0.2) is 0 Å². The van der Waals surface area contributed by atoms with Crippen LogP contribution < -0.4 is 14.3 Å². The molecule has 1 heterocycles. The molecule has 1 aliphatic heterocycles. The maximum atomic E-state index is 12.1. The number of hydrogen-bond acceptors (Lipinski definition) is 5. The zero-order valence-corrected chi connectivity index (χ0v) is 17.3. The van der Waals surface area contributed by atoms with Crippen LogP contribution in [0, 0.1) is 0 Å². The molecule has 2 rings (SSSR count). The largest absolute Gasteiger partial charge is 0.326 e. The Morgan fingerprint density at radius 2 is 2.00 bits per heavy atom. The normalized spacial score (nSPS) is 16.6. The number of rotatable bonds is 9. The summed E-state index contributed by atoms with van der Waals surface area (Å²) in [5.74, 6) is -0.0485. The van der Waals surface area contributed by atoms with E-state index in [1.165, 1.54) is 4.31 Å². The van der Waals surface area contributed by atoms with Gasteiger partial charge in [0.2, 0.25) is 26.0 Å². The van der Waals surface area contributed by atoms with Crippen LogP contribution in [0.15, 0.2) is 24.3 Å². The van der Waals surface area contributed by atoms with E-state index >= 15 is 0 Å². The van der Waals surface area contributed by atoms with Gasteiger partial charge in [0, 0.05) is 25.2 Å². The van der Waals surface area contributed by atoms with Crippen molar-refractivity contribution in [2.45, 2.75) is 44.8 Å². The van der Waals surface area contributed by atoms with Crippen molar-refractivity contribution in [1.29, 1.82) is 0 Å². The van der Waals surface area contributed by atoms with E-state index < -0.39 is 25.3 Å². The molecule has 0 radical (unpaired) electrons. The van der Waals surface area contributed by atoms with Crippen LogP contribution in [0.25, 0.3) is 0 Å². The average Bonchev–Trinajstić information content (AvgIpc) is 2.93.